The van der Waals surface area contributed by atoms with Crippen LogP contribution in [0.15, 0.2) is 42.6 Å². The molecule has 1 saturated heterocycles. The van der Waals surface area contributed by atoms with Crippen LogP contribution in [-0.4, -0.2) is 24.0 Å². The second-order valence-corrected chi connectivity index (χ2v) is 5.79. The number of benzene rings is 1. The molecule has 1 N–H and O–H groups in total. The molecule has 4 nitrogen and oxygen atoms in total. The molecular weight excluding hydrogens is 274 g/mol. The number of carbonyl (C=O) groups is 1. The molecule has 1 aliphatic heterocycles. The van der Waals surface area contributed by atoms with E-state index in [9.17, 15) is 4.79 Å². The van der Waals surface area contributed by atoms with E-state index in [1.807, 2.05) is 24.3 Å². The predicted octanol–water partition coefficient (Wildman–Crippen LogP) is 3.37. The third-order valence-corrected chi connectivity index (χ3v) is 4.09. The topological polar surface area (TPSA) is 45.2 Å². The number of nitrogens with one attached hydrogen (secondary N) is 1. The van der Waals surface area contributed by atoms with E-state index in [2.05, 4.69) is 28.2 Å². The molecule has 1 aliphatic rings. The molecule has 2 aromatic rings. The van der Waals surface area contributed by atoms with Gasteiger partial charge in [0.05, 0.1) is 5.56 Å². The van der Waals surface area contributed by atoms with Crippen LogP contribution in [0, 0.1) is 12.0 Å². The smallest absolute Gasteiger partial charge is 0.259 e. The molecule has 2 heterocycles. The van der Waals surface area contributed by atoms with Gasteiger partial charge < -0.3 is 10.2 Å². The maximum absolute atomic E-state index is 12.6. The van der Waals surface area contributed by atoms with Gasteiger partial charge in [0.1, 0.15) is 5.82 Å². The lowest BCUT2D eigenvalue weighted by molar-refractivity contribution is 0.102. The van der Waals surface area contributed by atoms with Crippen LogP contribution in [0.5, 0.6) is 0 Å². The molecule has 1 aromatic heterocycles. The Bertz CT molecular complexity index is 634. The summed E-state index contributed by atoms with van der Waals surface area (Å²) in [6.07, 6.45) is 4.04. The molecule has 1 amide bonds. The van der Waals surface area contributed by atoms with Crippen molar-refractivity contribution in [3.05, 3.63) is 54.2 Å². The molecule has 0 spiro atoms. The van der Waals surface area contributed by atoms with Crippen molar-refractivity contribution in [1.29, 1.82) is 0 Å². The second kappa shape index (κ2) is 6.60. The zero-order chi connectivity index (χ0) is 15.4. The number of rotatable bonds is 3. The van der Waals surface area contributed by atoms with Crippen molar-refractivity contribution in [1.82, 2.24) is 4.98 Å². The number of nitrogens with zero attached hydrogens (tertiary/aromatic N) is 2. The number of hydrogen-bond acceptors (Lipinski definition) is 3. The maximum Gasteiger partial charge on any atom is 0.259 e. The first-order valence-corrected chi connectivity index (χ1v) is 7.71. The number of amides is 1. The number of pyridine rings is 1. The molecule has 1 aromatic carbocycles. The summed E-state index contributed by atoms with van der Waals surface area (Å²) in [6.45, 7) is 4.19. The molecule has 0 saturated carbocycles. The molecule has 1 fully saturated rings. The molecule has 0 atom stereocenters. The third-order valence-electron chi connectivity index (χ3n) is 4.09. The number of anilines is 2. The van der Waals surface area contributed by atoms with Crippen molar-refractivity contribution in [2.24, 2.45) is 5.92 Å². The fraction of sp³-hybridized carbons (Fsp3) is 0.333. The van der Waals surface area contributed by atoms with E-state index < -0.39 is 0 Å². The van der Waals surface area contributed by atoms with Crippen LogP contribution in [-0.2, 0) is 0 Å². The highest BCUT2D eigenvalue weighted by molar-refractivity contribution is 6.07. The summed E-state index contributed by atoms with van der Waals surface area (Å²) < 4.78 is 0. The van der Waals surface area contributed by atoms with Gasteiger partial charge in [-0.15, -0.1) is 0 Å². The Hall–Kier alpha value is -2.36. The Kier molecular flexibility index (Phi) is 4.37. The van der Waals surface area contributed by atoms with Crippen molar-refractivity contribution in [2.75, 3.05) is 23.3 Å². The highest BCUT2D eigenvalue weighted by atomic mass is 16.1. The van der Waals surface area contributed by atoms with E-state index >= 15 is 0 Å². The average molecular weight is 294 g/mol. The molecule has 22 heavy (non-hydrogen) atoms. The van der Waals surface area contributed by atoms with E-state index in [0.717, 1.165) is 43.4 Å². The molecule has 1 radical (unpaired) electrons. The first-order valence-electron chi connectivity index (χ1n) is 7.71. The highest BCUT2D eigenvalue weighted by Crippen LogP contribution is 2.24. The molecule has 0 aliphatic carbocycles. The summed E-state index contributed by atoms with van der Waals surface area (Å²) in [5, 5.41) is 2.92. The van der Waals surface area contributed by atoms with Crippen LogP contribution in [0.25, 0.3) is 0 Å². The average Bonchev–Trinajstić information content (AvgIpc) is 2.56. The molecule has 4 heteroatoms. The third kappa shape index (κ3) is 3.27. The first-order chi connectivity index (χ1) is 10.7. The Balaban J connectivity index is 1.80. The summed E-state index contributed by atoms with van der Waals surface area (Å²) in [5.74, 6) is 1.42. The Morgan fingerprint density at radius 1 is 1.27 bits per heavy atom. The van der Waals surface area contributed by atoms with Crippen LogP contribution < -0.4 is 10.2 Å². The van der Waals surface area contributed by atoms with Crippen LogP contribution in [0.1, 0.15) is 30.1 Å². The highest BCUT2D eigenvalue weighted by Gasteiger charge is 2.21. The molecule has 0 bridgehead atoms. The summed E-state index contributed by atoms with van der Waals surface area (Å²) in [4.78, 5) is 19.2. The monoisotopic (exact) mass is 294 g/mol. The van der Waals surface area contributed by atoms with Gasteiger partial charge in [-0.2, -0.15) is 0 Å². The molecule has 0 unspecified atom stereocenters. The van der Waals surface area contributed by atoms with Crippen LogP contribution in [0.2, 0.25) is 0 Å². The van der Waals surface area contributed by atoms with E-state index in [4.69, 9.17) is 0 Å². The summed E-state index contributed by atoms with van der Waals surface area (Å²) in [7, 11) is 0. The first kappa shape index (κ1) is 14.6. The fourth-order valence-corrected chi connectivity index (χ4v) is 2.72. The predicted molar refractivity (Wildman–Crippen MR) is 88.1 cm³/mol. The van der Waals surface area contributed by atoms with E-state index in [0.29, 0.717) is 5.56 Å². The number of hydrogen-bond donors (Lipinski definition) is 1. The number of carbonyl (C=O) groups excluding carboxylic acids is 1. The van der Waals surface area contributed by atoms with Crippen LogP contribution >= 0.6 is 0 Å². The van der Waals surface area contributed by atoms with Crippen molar-refractivity contribution in [3.8, 4) is 0 Å². The molecule has 3 rings (SSSR count). The van der Waals surface area contributed by atoms with E-state index in [-0.39, 0.29) is 5.91 Å². The Labute approximate surface area is 131 Å². The molecular formula is C18H20N3O. The van der Waals surface area contributed by atoms with Crippen LogP contribution in [0.3, 0.4) is 0 Å². The minimum absolute atomic E-state index is 0.118. The Morgan fingerprint density at radius 2 is 2.00 bits per heavy atom. The second-order valence-electron chi connectivity index (χ2n) is 5.79. The SMILES string of the molecule is CC1CCN(c2ncccc2C(=O)Nc2cc[c]cc2)CC1. The number of piperidine rings is 1. The lowest BCUT2D eigenvalue weighted by Crippen LogP contribution is -2.35. The normalized spacial score (nSPS) is 15.6. The quantitative estimate of drug-likeness (QED) is 0.944. The largest absolute Gasteiger partial charge is 0.356 e. The fourth-order valence-electron chi connectivity index (χ4n) is 2.72. The summed E-state index contributed by atoms with van der Waals surface area (Å²) in [6, 6.07) is 13.8. The van der Waals surface area contributed by atoms with Gasteiger partial charge >= 0.3 is 0 Å². The summed E-state index contributed by atoms with van der Waals surface area (Å²) in [5.41, 5.74) is 1.40. The van der Waals surface area contributed by atoms with Gasteiger partial charge in [0.25, 0.3) is 5.91 Å². The maximum atomic E-state index is 12.6. The van der Waals surface area contributed by atoms with Gasteiger partial charge in [0, 0.05) is 25.0 Å². The standard InChI is InChI=1S/C18H20N3O/c1-14-9-12-21(13-10-14)17-16(8-5-11-19-17)18(22)20-15-6-3-2-4-7-15/h3-8,11,14H,9-10,12-13H2,1H3,(H,20,22). The van der Waals surface area contributed by atoms with Gasteiger partial charge in [-0.1, -0.05) is 19.1 Å². The lowest BCUT2D eigenvalue weighted by Gasteiger charge is -2.32. The molecule has 113 valence electrons. The lowest BCUT2D eigenvalue weighted by atomic mass is 9.99. The van der Waals surface area contributed by atoms with Gasteiger partial charge in [-0.05, 0) is 49.1 Å². The van der Waals surface area contributed by atoms with Crippen molar-refractivity contribution in [2.45, 2.75) is 19.8 Å². The van der Waals surface area contributed by atoms with Crippen LogP contribution in [0.4, 0.5) is 11.5 Å². The van der Waals surface area contributed by atoms with Crippen molar-refractivity contribution < 1.29 is 4.79 Å². The van der Waals surface area contributed by atoms with Crippen molar-refractivity contribution in [3.63, 3.8) is 0 Å². The van der Waals surface area contributed by atoms with Gasteiger partial charge in [-0.3, -0.25) is 4.79 Å². The minimum Gasteiger partial charge on any atom is -0.356 e. The van der Waals surface area contributed by atoms with Gasteiger partial charge in [0.15, 0.2) is 0 Å². The zero-order valence-corrected chi connectivity index (χ0v) is 12.7. The van der Waals surface area contributed by atoms with E-state index in [1.165, 1.54) is 0 Å². The van der Waals surface area contributed by atoms with E-state index in [1.54, 1.807) is 18.3 Å². The zero-order valence-electron chi connectivity index (χ0n) is 12.7. The van der Waals surface area contributed by atoms with Gasteiger partial charge in [-0.25, -0.2) is 4.98 Å². The minimum atomic E-state index is -0.118. The van der Waals surface area contributed by atoms with Gasteiger partial charge in [0.2, 0.25) is 0 Å². The van der Waals surface area contributed by atoms with Crippen molar-refractivity contribution >= 4 is 17.4 Å². The Morgan fingerprint density at radius 3 is 2.73 bits per heavy atom. The number of aromatic nitrogens is 1. The summed E-state index contributed by atoms with van der Waals surface area (Å²) >= 11 is 0.